The van der Waals surface area contributed by atoms with Gasteiger partial charge in [-0.25, -0.2) is 0 Å². The predicted molar refractivity (Wildman–Crippen MR) is 108 cm³/mol. The highest BCUT2D eigenvalue weighted by atomic mass is 35.5. The lowest BCUT2D eigenvalue weighted by molar-refractivity contribution is -0.122. The van der Waals surface area contributed by atoms with Gasteiger partial charge in [0.1, 0.15) is 6.04 Å². The average molecular weight is 388 g/mol. The molecule has 6 heteroatoms. The predicted octanol–water partition coefficient (Wildman–Crippen LogP) is 2.84. The summed E-state index contributed by atoms with van der Waals surface area (Å²) in [4.78, 5) is 14.9. The van der Waals surface area contributed by atoms with Gasteiger partial charge in [0.25, 0.3) is 0 Å². The fraction of sp³-hybridized carbons (Fsp3) is 0.381. The Morgan fingerprint density at radius 1 is 1.19 bits per heavy atom. The highest BCUT2D eigenvalue weighted by Crippen LogP contribution is 2.24. The number of morpholine rings is 1. The fourth-order valence-electron chi connectivity index (χ4n) is 3.29. The van der Waals surface area contributed by atoms with Crippen LogP contribution in [0, 0.1) is 6.92 Å². The molecular formula is C21H26ClN3O2. The molecule has 0 aliphatic carbocycles. The quantitative estimate of drug-likeness (QED) is 0.799. The molecular weight excluding hydrogens is 362 g/mol. The van der Waals surface area contributed by atoms with Crippen LogP contribution in [0.5, 0.6) is 0 Å². The van der Waals surface area contributed by atoms with Gasteiger partial charge >= 0.3 is 0 Å². The Labute approximate surface area is 165 Å². The third-order valence-corrected chi connectivity index (χ3v) is 5.14. The lowest BCUT2D eigenvalue weighted by atomic mass is 10.0. The van der Waals surface area contributed by atoms with Gasteiger partial charge in [0, 0.05) is 24.7 Å². The van der Waals surface area contributed by atoms with Crippen molar-refractivity contribution in [1.29, 1.82) is 0 Å². The summed E-state index contributed by atoms with van der Waals surface area (Å²) in [6.45, 7) is 5.49. The molecule has 1 aliphatic heterocycles. The molecule has 2 unspecified atom stereocenters. The van der Waals surface area contributed by atoms with Gasteiger partial charge in [0.2, 0.25) is 5.91 Å². The van der Waals surface area contributed by atoms with Crippen molar-refractivity contribution in [2.45, 2.75) is 19.0 Å². The molecule has 0 radical (unpaired) electrons. The molecule has 1 saturated heterocycles. The number of rotatable bonds is 6. The Balaban J connectivity index is 1.70. The lowest BCUT2D eigenvalue weighted by Crippen LogP contribution is -2.45. The minimum Gasteiger partial charge on any atom is -0.379 e. The number of carbonyl (C=O) groups is 1. The van der Waals surface area contributed by atoms with E-state index in [9.17, 15) is 4.79 Å². The number of halogens is 1. The molecule has 2 aromatic carbocycles. The summed E-state index contributed by atoms with van der Waals surface area (Å²) >= 11 is 6.18. The van der Waals surface area contributed by atoms with Crippen molar-refractivity contribution >= 4 is 17.5 Å². The van der Waals surface area contributed by atoms with E-state index in [0.29, 0.717) is 24.8 Å². The maximum atomic E-state index is 12.6. The molecule has 0 spiro atoms. The Hall–Kier alpha value is -1.92. The Kier molecular flexibility index (Phi) is 6.85. The van der Waals surface area contributed by atoms with Gasteiger partial charge in [-0.1, -0.05) is 53.6 Å². The van der Waals surface area contributed by atoms with Gasteiger partial charge < -0.3 is 15.8 Å². The van der Waals surface area contributed by atoms with E-state index < -0.39 is 6.04 Å². The van der Waals surface area contributed by atoms with Crippen molar-refractivity contribution < 1.29 is 9.53 Å². The van der Waals surface area contributed by atoms with Gasteiger partial charge in [-0.05, 0) is 30.2 Å². The number of amides is 1. The van der Waals surface area contributed by atoms with Crippen LogP contribution in [-0.4, -0.2) is 43.7 Å². The summed E-state index contributed by atoms with van der Waals surface area (Å²) in [6.07, 6.45) is 0. The summed E-state index contributed by atoms with van der Waals surface area (Å²) < 4.78 is 5.47. The maximum absolute atomic E-state index is 12.6. The molecule has 1 fully saturated rings. The third kappa shape index (κ3) is 5.30. The maximum Gasteiger partial charge on any atom is 0.241 e. The van der Waals surface area contributed by atoms with Crippen LogP contribution in [0.15, 0.2) is 48.5 Å². The van der Waals surface area contributed by atoms with Gasteiger partial charge in [-0.15, -0.1) is 0 Å². The highest BCUT2D eigenvalue weighted by molar-refractivity contribution is 6.30. The highest BCUT2D eigenvalue weighted by Gasteiger charge is 2.24. The first kappa shape index (κ1) is 19.8. The number of nitrogens with two attached hydrogens (primary N) is 1. The van der Waals surface area contributed by atoms with Crippen LogP contribution in [0.4, 0.5) is 0 Å². The Morgan fingerprint density at radius 2 is 1.89 bits per heavy atom. The Morgan fingerprint density at radius 3 is 2.56 bits per heavy atom. The summed E-state index contributed by atoms with van der Waals surface area (Å²) in [7, 11) is 0. The zero-order chi connectivity index (χ0) is 19.2. The van der Waals surface area contributed by atoms with E-state index in [-0.39, 0.29) is 11.9 Å². The fourth-order valence-corrected chi connectivity index (χ4v) is 3.49. The average Bonchev–Trinajstić information content (AvgIpc) is 2.69. The van der Waals surface area contributed by atoms with Crippen LogP contribution >= 0.6 is 11.6 Å². The van der Waals surface area contributed by atoms with Gasteiger partial charge in [-0.2, -0.15) is 0 Å². The van der Waals surface area contributed by atoms with Crippen LogP contribution in [0.2, 0.25) is 5.02 Å². The largest absolute Gasteiger partial charge is 0.379 e. The van der Waals surface area contributed by atoms with Crippen LogP contribution < -0.4 is 11.1 Å². The number of nitrogens with zero attached hydrogens (tertiary/aromatic N) is 1. The molecule has 144 valence electrons. The number of hydrogen-bond donors (Lipinski definition) is 2. The molecule has 0 aromatic heterocycles. The first-order valence-corrected chi connectivity index (χ1v) is 9.59. The molecule has 1 aliphatic rings. The molecule has 27 heavy (non-hydrogen) atoms. The molecule has 1 amide bonds. The monoisotopic (exact) mass is 387 g/mol. The molecule has 3 rings (SSSR count). The van der Waals surface area contributed by atoms with Crippen LogP contribution in [-0.2, 0) is 9.53 Å². The second kappa shape index (κ2) is 9.33. The summed E-state index contributed by atoms with van der Waals surface area (Å²) in [5.74, 6) is -0.181. The van der Waals surface area contributed by atoms with Crippen molar-refractivity contribution in [1.82, 2.24) is 10.2 Å². The molecule has 2 atom stereocenters. The van der Waals surface area contributed by atoms with Gasteiger partial charge in [-0.3, -0.25) is 9.69 Å². The number of hydrogen-bond acceptors (Lipinski definition) is 4. The molecule has 3 N–H and O–H groups in total. The Bertz CT molecular complexity index is 760. The summed E-state index contributed by atoms with van der Waals surface area (Å²) in [5.41, 5.74) is 9.17. The van der Waals surface area contributed by atoms with Crippen LogP contribution in [0.1, 0.15) is 28.8 Å². The van der Waals surface area contributed by atoms with E-state index in [2.05, 4.69) is 10.2 Å². The number of carbonyl (C=O) groups excluding carboxylic acids is 1. The van der Waals surface area contributed by atoms with E-state index in [0.717, 1.165) is 29.8 Å². The van der Waals surface area contributed by atoms with E-state index in [1.807, 2.05) is 55.5 Å². The number of nitrogens with one attached hydrogen (secondary N) is 1. The summed E-state index contributed by atoms with van der Waals surface area (Å²) in [6, 6.07) is 14.9. The topological polar surface area (TPSA) is 67.6 Å². The van der Waals surface area contributed by atoms with E-state index in [4.69, 9.17) is 22.1 Å². The minimum atomic E-state index is -0.685. The van der Waals surface area contributed by atoms with Crippen LogP contribution in [0.3, 0.4) is 0 Å². The third-order valence-electron chi connectivity index (χ3n) is 4.91. The lowest BCUT2D eigenvalue weighted by Gasteiger charge is -2.35. The second-order valence-corrected chi connectivity index (χ2v) is 7.29. The number of ether oxygens (including phenoxy) is 1. The van der Waals surface area contributed by atoms with E-state index in [1.54, 1.807) is 0 Å². The first-order chi connectivity index (χ1) is 13.0. The number of benzene rings is 2. The standard InChI is InChI=1S/C21H26ClN3O2/c1-15-5-7-16(8-6-15)20(23)21(26)24-14-19(25-9-11-27-12-10-25)17-3-2-4-18(22)13-17/h2-8,13,19-20H,9-12,14,23H2,1H3,(H,24,26). The van der Waals surface area contributed by atoms with Crippen LogP contribution in [0.25, 0.3) is 0 Å². The molecule has 2 aromatic rings. The first-order valence-electron chi connectivity index (χ1n) is 9.22. The number of aryl methyl sites for hydroxylation is 1. The van der Waals surface area contributed by atoms with Gasteiger partial charge in [0.05, 0.1) is 19.3 Å². The molecule has 0 saturated carbocycles. The van der Waals surface area contributed by atoms with Crippen molar-refractivity contribution in [3.05, 3.63) is 70.2 Å². The van der Waals surface area contributed by atoms with Crippen molar-refractivity contribution in [2.75, 3.05) is 32.8 Å². The molecule has 0 bridgehead atoms. The minimum absolute atomic E-state index is 0.0294. The summed E-state index contributed by atoms with van der Waals surface area (Å²) in [5, 5.41) is 3.71. The SMILES string of the molecule is Cc1ccc(C(N)C(=O)NCC(c2cccc(Cl)c2)N2CCOCC2)cc1. The zero-order valence-electron chi connectivity index (χ0n) is 15.5. The second-order valence-electron chi connectivity index (χ2n) is 6.85. The van der Waals surface area contributed by atoms with Crippen molar-refractivity contribution in [3.8, 4) is 0 Å². The zero-order valence-corrected chi connectivity index (χ0v) is 16.3. The molecule has 1 heterocycles. The van der Waals surface area contributed by atoms with E-state index in [1.165, 1.54) is 0 Å². The normalized spacial score (nSPS) is 17.3. The smallest absolute Gasteiger partial charge is 0.241 e. The van der Waals surface area contributed by atoms with Crippen molar-refractivity contribution in [3.63, 3.8) is 0 Å². The van der Waals surface area contributed by atoms with E-state index >= 15 is 0 Å². The van der Waals surface area contributed by atoms with Crippen molar-refractivity contribution in [2.24, 2.45) is 5.73 Å². The molecule has 5 nitrogen and oxygen atoms in total. The van der Waals surface area contributed by atoms with Gasteiger partial charge in [0.15, 0.2) is 0 Å².